The molecule has 39 heavy (non-hydrogen) atoms. The normalized spacial score (nSPS) is 16.0. The highest BCUT2D eigenvalue weighted by atomic mass is 32.1. The van der Waals surface area contributed by atoms with Crippen LogP contribution in [-0.4, -0.2) is 5.11 Å². The van der Waals surface area contributed by atoms with Crippen LogP contribution >= 0.6 is 21.2 Å². The van der Waals surface area contributed by atoms with Crippen LogP contribution in [0.5, 0.6) is 5.75 Å². The van der Waals surface area contributed by atoms with E-state index in [1.165, 1.54) is 66.9 Å². The van der Waals surface area contributed by atoms with Crippen LogP contribution in [0.2, 0.25) is 0 Å². The zero-order valence-electron chi connectivity index (χ0n) is 26.9. The zero-order valence-corrected chi connectivity index (χ0v) is 28.8. The number of hydrogen-bond acceptors (Lipinski definition) is 2. The number of phenols is 1. The highest BCUT2D eigenvalue weighted by Gasteiger charge is 2.39. The Morgan fingerprint density at radius 2 is 1.44 bits per heavy atom. The van der Waals surface area contributed by atoms with Gasteiger partial charge in [0.1, 0.15) is 5.75 Å². The number of unbranched alkanes of at least 4 members (excludes halogenated alkanes) is 4. The minimum atomic E-state index is -0.114. The van der Waals surface area contributed by atoms with Crippen LogP contribution in [0.4, 0.5) is 0 Å². The van der Waals surface area contributed by atoms with Crippen LogP contribution in [0.1, 0.15) is 155 Å². The topological polar surface area (TPSA) is 20.2 Å². The van der Waals surface area contributed by atoms with Crippen molar-refractivity contribution in [1.82, 2.24) is 0 Å². The summed E-state index contributed by atoms with van der Waals surface area (Å²) in [5, 5.41) is 13.8. The van der Waals surface area contributed by atoms with E-state index in [1.807, 2.05) is 0 Å². The first kappa shape index (κ1) is 34.2. The van der Waals surface area contributed by atoms with Crippen molar-refractivity contribution in [3.05, 3.63) is 58.7 Å². The van der Waals surface area contributed by atoms with Crippen molar-refractivity contribution in [3.63, 3.8) is 0 Å². The fraction of sp³-hybridized carbons (Fsp3) is 0.667. The molecule has 4 atom stereocenters. The van der Waals surface area contributed by atoms with E-state index in [0.717, 1.165) is 18.4 Å². The van der Waals surface area contributed by atoms with Gasteiger partial charge in [0.05, 0.1) is 0 Å². The predicted molar refractivity (Wildman–Crippen MR) is 181 cm³/mol. The molecule has 0 fully saturated rings. The Balaban J connectivity index is 2.81. The molecule has 2 aromatic carbocycles. The molecular weight excluding hydrogens is 511 g/mol. The molecule has 1 nitrogen and oxygen atoms in total. The first-order valence-electron chi connectivity index (χ1n) is 15.7. The maximum atomic E-state index is 12.3. The molecule has 0 amide bonds. The molecule has 0 saturated heterocycles. The summed E-state index contributed by atoms with van der Waals surface area (Å²) in [4.78, 5) is 0. The molecule has 4 unspecified atom stereocenters. The lowest BCUT2D eigenvalue weighted by molar-refractivity contribution is 0.301. The van der Waals surface area contributed by atoms with E-state index in [1.54, 1.807) is 0 Å². The number of rotatable bonds is 15. The molecule has 0 heterocycles. The molecule has 0 saturated carbocycles. The fourth-order valence-electron chi connectivity index (χ4n) is 5.88. The summed E-state index contributed by atoms with van der Waals surface area (Å²) in [6.07, 6.45) is 10.7. The van der Waals surface area contributed by atoms with Gasteiger partial charge in [-0.05, 0) is 59.4 Å². The van der Waals surface area contributed by atoms with Crippen LogP contribution < -0.4 is 5.30 Å². The predicted octanol–water partition coefficient (Wildman–Crippen LogP) is 11.4. The highest BCUT2D eigenvalue weighted by Crippen LogP contribution is 2.55. The van der Waals surface area contributed by atoms with Gasteiger partial charge in [0.25, 0.3) is 0 Å². The average Bonchev–Trinajstić information content (AvgIpc) is 2.87. The minimum Gasteiger partial charge on any atom is -0.507 e. The molecule has 2 aromatic rings. The van der Waals surface area contributed by atoms with Crippen LogP contribution in [0.3, 0.4) is 0 Å². The van der Waals surface area contributed by atoms with E-state index in [-0.39, 0.29) is 21.2 Å². The molecule has 1 N–H and O–H groups in total. The smallest absolute Gasteiger partial charge is 0.123 e. The third-order valence-electron chi connectivity index (χ3n) is 9.25. The maximum Gasteiger partial charge on any atom is 0.123 e. The van der Waals surface area contributed by atoms with Gasteiger partial charge in [-0.2, -0.15) is 12.6 Å². The summed E-state index contributed by atoms with van der Waals surface area (Å²) >= 11 is 4.85. The molecule has 0 bridgehead atoms. The van der Waals surface area contributed by atoms with Crippen molar-refractivity contribution in [2.45, 2.75) is 148 Å². The number of benzene rings is 2. The van der Waals surface area contributed by atoms with E-state index < -0.39 is 0 Å². The number of phenolic OH excluding ortho intramolecular Hbond substituents is 1. The van der Waals surface area contributed by atoms with E-state index in [0.29, 0.717) is 20.2 Å². The van der Waals surface area contributed by atoms with Crippen LogP contribution in [-0.2, 0) is 16.0 Å². The van der Waals surface area contributed by atoms with E-state index >= 15 is 0 Å². The third-order valence-corrected chi connectivity index (χ3v) is 11.6. The molecule has 3 heteroatoms. The Hall–Kier alpha value is -0.980. The molecule has 2 rings (SSSR count). The lowest BCUT2D eigenvalue weighted by Crippen LogP contribution is -2.30. The maximum absolute atomic E-state index is 12.3. The average molecular weight is 571 g/mol. The summed E-state index contributed by atoms with van der Waals surface area (Å²) in [6, 6.07) is 13.6. The lowest BCUT2D eigenvalue weighted by Gasteiger charge is -2.40. The Kier molecular flexibility index (Phi) is 13.0. The molecule has 0 radical (unpaired) electrons. The van der Waals surface area contributed by atoms with E-state index in [2.05, 4.69) is 106 Å². The summed E-state index contributed by atoms with van der Waals surface area (Å²) in [5.41, 5.74) is 4.87. The van der Waals surface area contributed by atoms with Crippen molar-refractivity contribution >= 4 is 26.5 Å². The Bertz CT molecular complexity index is 1030. The first-order chi connectivity index (χ1) is 18.2. The van der Waals surface area contributed by atoms with Crippen LogP contribution in [0, 0.1) is 5.92 Å². The lowest BCUT2D eigenvalue weighted by atomic mass is 9.69. The second kappa shape index (κ2) is 14.8. The van der Waals surface area contributed by atoms with Crippen molar-refractivity contribution in [1.29, 1.82) is 0 Å². The second-order valence-electron chi connectivity index (χ2n) is 13.6. The van der Waals surface area contributed by atoms with Crippen LogP contribution in [0.15, 0.2) is 36.4 Å². The summed E-state index contributed by atoms with van der Waals surface area (Å²) < 4.78 is 0. The van der Waals surface area contributed by atoms with Gasteiger partial charge in [-0.3, -0.25) is 0 Å². The van der Waals surface area contributed by atoms with Crippen molar-refractivity contribution in [2.75, 3.05) is 0 Å². The van der Waals surface area contributed by atoms with Gasteiger partial charge in [0, 0.05) is 21.5 Å². The quantitative estimate of drug-likeness (QED) is 0.124. The Labute approximate surface area is 249 Å². The summed E-state index contributed by atoms with van der Waals surface area (Å²) in [6.45, 7) is 23.1. The van der Waals surface area contributed by atoms with Crippen molar-refractivity contribution in [2.24, 2.45) is 5.92 Å². The van der Waals surface area contributed by atoms with Gasteiger partial charge in [-0.25, -0.2) is 0 Å². The highest BCUT2D eigenvalue weighted by molar-refractivity contribution is 7.80. The zero-order chi connectivity index (χ0) is 29.4. The Morgan fingerprint density at radius 3 is 2.00 bits per heavy atom. The molecule has 220 valence electrons. The van der Waals surface area contributed by atoms with Crippen molar-refractivity contribution < 1.29 is 5.11 Å². The van der Waals surface area contributed by atoms with Gasteiger partial charge < -0.3 is 5.11 Å². The number of thiol groups is 1. The van der Waals surface area contributed by atoms with Gasteiger partial charge in [0.2, 0.25) is 0 Å². The van der Waals surface area contributed by atoms with Gasteiger partial charge in [-0.15, -0.1) is 0 Å². The van der Waals surface area contributed by atoms with E-state index in [9.17, 15) is 5.11 Å². The van der Waals surface area contributed by atoms with Gasteiger partial charge in [-0.1, -0.05) is 146 Å². The molecule has 0 aliphatic carbocycles. The fourth-order valence-corrected chi connectivity index (χ4v) is 8.17. The first-order valence-corrected chi connectivity index (χ1v) is 17.2. The molecule has 0 aromatic heterocycles. The molecule has 0 spiro atoms. The largest absolute Gasteiger partial charge is 0.507 e. The Morgan fingerprint density at radius 1 is 0.846 bits per heavy atom. The molecular formula is C36H59OPS. The third kappa shape index (κ3) is 8.52. The van der Waals surface area contributed by atoms with Gasteiger partial charge in [0.15, 0.2) is 0 Å². The monoisotopic (exact) mass is 570 g/mol. The van der Waals surface area contributed by atoms with Crippen molar-refractivity contribution in [3.8, 4) is 5.75 Å². The minimum absolute atomic E-state index is 0.00224. The summed E-state index contributed by atoms with van der Waals surface area (Å²) in [7, 11) is 0.588. The molecule has 0 aliphatic rings. The van der Waals surface area contributed by atoms with Gasteiger partial charge >= 0.3 is 0 Å². The van der Waals surface area contributed by atoms with E-state index in [4.69, 9.17) is 12.6 Å². The molecule has 0 aliphatic heterocycles. The standard InChI is InChI=1S/C36H59OPS/c1-11-14-16-20-26(4)35(9,10)30-24-28(34(6,7)8)25-31(33(30)37)36(13-3,23-19-15-12-2)38-32-22-18-17-21-29(32)27(5)39/h17-18,21-22,24-27,37-39H,11-16,19-20,23H2,1-10H3. The second-order valence-corrected chi connectivity index (χ2v) is 16.1. The number of hydrogen-bond donors (Lipinski definition) is 2. The van der Waals surface area contributed by atoms with Crippen LogP contribution in [0.25, 0.3) is 0 Å². The SMILES string of the molecule is CCCCCC(C)C(C)(C)c1cc(C(C)(C)C)cc(C(CC)(CCCCC)Pc2ccccc2C(C)S)c1O. The number of aromatic hydroxyl groups is 1. The summed E-state index contributed by atoms with van der Waals surface area (Å²) in [5.74, 6) is 1.04.